The van der Waals surface area contributed by atoms with Gasteiger partial charge < -0.3 is 10.2 Å². The second-order valence-corrected chi connectivity index (χ2v) is 6.25. The monoisotopic (exact) mass is 326 g/mol. The highest BCUT2D eigenvalue weighted by molar-refractivity contribution is 6.03. The number of carbonyl (C=O) groups is 2. The molecule has 1 atom stereocenters. The van der Waals surface area contributed by atoms with Crippen LogP contribution < -0.4 is 5.32 Å². The average molecular weight is 326 g/mol. The molecule has 0 aliphatic carbocycles. The van der Waals surface area contributed by atoms with Crippen LogP contribution in [0.2, 0.25) is 0 Å². The van der Waals surface area contributed by atoms with Gasteiger partial charge in [-0.3, -0.25) is 9.59 Å². The Morgan fingerprint density at radius 3 is 2.46 bits per heavy atom. The zero-order chi connectivity index (χ0) is 17.3. The SMILES string of the molecule is CC(C)[C@H](C(=O)Nc1ccccc1F)N1Cc2ccccc2C1=O. The Kier molecular flexibility index (Phi) is 4.34. The van der Waals surface area contributed by atoms with Gasteiger partial charge in [-0.25, -0.2) is 4.39 Å². The summed E-state index contributed by atoms with van der Waals surface area (Å²) in [6.45, 7) is 4.15. The molecule has 3 rings (SSSR count). The minimum Gasteiger partial charge on any atom is -0.322 e. The molecule has 2 aromatic carbocycles. The van der Waals surface area contributed by atoms with Crippen LogP contribution in [-0.2, 0) is 11.3 Å². The van der Waals surface area contributed by atoms with E-state index in [2.05, 4.69) is 5.32 Å². The van der Waals surface area contributed by atoms with E-state index in [-0.39, 0.29) is 23.4 Å². The number of carbonyl (C=O) groups excluding carboxylic acids is 2. The fourth-order valence-corrected chi connectivity index (χ4v) is 3.07. The predicted molar refractivity (Wildman–Crippen MR) is 90.0 cm³/mol. The number of amides is 2. The zero-order valence-electron chi connectivity index (χ0n) is 13.6. The Morgan fingerprint density at radius 2 is 1.79 bits per heavy atom. The van der Waals surface area contributed by atoms with Crippen molar-refractivity contribution in [2.45, 2.75) is 26.4 Å². The molecular weight excluding hydrogens is 307 g/mol. The highest BCUT2D eigenvalue weighted by atomic mass is 19.1. The first-order valence-corrected chi connectivity index (χ1v) is 7.93. The minimum absolute atomic E-state index is 0.102. The van der Waals surface area contributed by atoms with E-state index in [9.17, 15) is 14.0 Å². The average Bonchev–Trinajstić information content (AvgIpc) is 2.87. The summed E-state index contributed by atoms with van der Waals surface area (Å²) in [7, 11) is 0. The van der Waals surface area contributed by atoms with E-state index < -0.39 is 11.9 Å². The van der Waals surface area contributed by atoms with Crippen molar-refractivity contribution in [3.05, 3.63) is 65.5 Å². The Morgan fingerprint density at radius 1 is 1.12 bits per heavy atom. The van der Waals surface area contributed by atoms with Gasteiger partial charge in [0.15, 0.2) is 0 Å². The lowest BCUT2D eigenvalue weighted by molar-refractivity contribution is -0.122. The highest BCUT2D eigenvalue weighted by Crippen LogP contribution is 2.27. The molecule has 1 heterocycles. The van der Waals surface area contributed by atoms with Crippen LogP contribution in [0.5, 0.6) is 0 Å². The van der Waals surface area contributed by atoms with Gasteiger partial charge in [-0.1, -0.05) is 44.2 Å². The van der Waals surface area contributed by atoms with Crippen molar-refractivity contribution in [3.63, 3.8) is 0 Å². The number of benzene rings is 2. The van der Waals surface area contributed by atoms with Gasteiger partial charge in [-0.15, -0.1) is 0 Å². The van der Waals surface area contributed by atoms with Crippen LogP contribution in [0.3, 0.4) is 0 Å². The number of para-hydroxylation sites is 1. The zero-order valence-corrected chi connectivity index (χ0v) is 13.6. The first-order chi connectivity index (χ1) is 11.5. The third-order valence-corrected chi connectivity index (χ3v) is 4.22. The standard InChI is InChI=1S/C19H19FN2O2/c1-12(2)17(18(23)21-16-10-6-5-9-15(16)20)22-11-13-7-3-4-8-14(13)19(22)24/h3-10,12,17H,11H2,1-2H3,(H,21,23)/t17-/m1/s1. The van der Waals surface area contributed by atoms with Gasteiger partial charge in [-0.2, -0.15) is 0 Å². The fraction of sp³-hybridized carbons (Fsp3) is 0.263. The van der Waals surface area contributed by atoms with E-state index in [4.69, 9.17) is 0 Å². The lowest BCUT2D eigenvalue weighted by atomic mass is 10.0. The van der Waals surface area contributed by atoms with Gasteiger partial charge in [-0.05, 0) is 29.7 Å². The number of nitrogens with one attached hydrogen (secondary N) is 1. The molecular formula is C19H19FN2O2. The van der Waals surface area contributed by atoms with Crippen LogP contribution in [0.4, 0.5) is 10.1 Å². The van der Waals surface area contributed by atoms with E-state index >= 15 is 0 Å². The molecule has 2 aromatic rings. The van der Waals surface area contributed by atoms with Gasteiger partial charge in [0.2, 0.25) is 5.91 Å². The number of fused-ring (bicyclic) bond motifs is 1. The van der Waals surface area contributed by atoms with Crippen molar-refractivity contribution in [2.75, 3.05) is 5.32 Å². The lowest BCUT2D eigenvalue weighted by Crippen LogP contribution is -2.47. The maximum absolute atomic E-state index is 13.8. The molecule has 2 amide bonds. The van der Waals surface area contributed by atoms with Gasteiger partial charge >= 0.3 is 0 Å². The Labute approximate surface area is 140 Å². The first-order valence-electron chi connectivity index (χ1n) is 7.93. The molecule has 1 aliphatic rings. The second-order valence-electron chi connectivity index (χ2n) is 6.25. The van der Waals surface area contributed by atoms with Crippen molar-refractivity contribution in [1.29, 1.82) is 0 Å². The normalized spacial score (nSPS) is 14.7. The second kappa shape index (κ2) is 6.43. The molecule has 5 heteroatoms. The fourth-order valence-electron chi connectivity index (χ4n) is 3.07. The molecule has 24 heavy (non-hydrogen) atoms. The maximum Gasteiger partial charge on any atom is 0.255 e. The van der Waals surface area contributed by atoms with E-state index in [1.54, 1.807) is 23.1 Å². The molecule has 0 radical (unpaired) electrons. The topological polar surface area (TPSA) is 49.4 Å². The van der Waals surface area contributed by atoms with E-state index in [0.717, 1.165) is 5.56 Å². The number of rotatable bonds is 4. The summed E-state index contributed by atoms with van der Waals surface area (Å²) in [6.07, 6.45) is 0. The van der Waals surface area contributed by atoms with Crippen LogP contribution in [0, 0.1) is 11.7 Å². The van der Waals surface area contributed by atoms with Crippen LogP contribution in [0.25, 0.3) is 0 Å². The molecule has 0 fully saturated rings. The molecule has 0 bridgehead atoms. The molecule has 0 saturated heterocycles. The summed E-state index contributed by atoms with van der Waals surface area (Å²) < 4.78 is 13.8. The summed E-state index contributed by atoms with van der Waals surface area (Å²) in [5.74, 6) is -1.14. The molecule has 0 saturated carbocycles. The quantitative estimate of drug-likeness (QED) is 0.935. The Bertz CT molecular complexity index is 788. The third-order valence-electron chi connectivity index (χ3n) is 4.22. The van der Waals surface area contributed by atoms with Crippen molar-refractivity contribution in [2.24, 2.45) is 5.92 Å². The smallest absolute Gasteiger partial charge is 0.255 e. The maximum atomic E-state index is 13.8. The van der Waals surface area contributed by atoms with Gasteiger partial charge in [0.05, 0.1) is 5.69 Å². The summed E-state index contributed by atoms with van der Waals surface area (Å²) in [5.41, 5.74) is 1.66. The molecule has 0 spiro atoms. The number of anilines is 1. The third kappa shape index (κ3) is 2.89. The molecule has 0 unspecified atom stereocenters. The lowest BCUT2D eigenvalue weighted by Gasteiger charge is -2.30. The minimum atomic E-state index is -0.662. The van der Waals surface area contributed by atoms with Crippen molar-refractivity contribution >= 4 is 17.5 Å². The van der Waals surface area contributed by atoms with Crippen LogP contribution in [0.15, 0.2) is 48.5 Å². The Balaban J connectivity index is 1.85. The molecule has 124 valence electrons. The van der Waals surface area contributed by atoms with Crippen LogP contribution >= 0.6 is 0 Å². The summed E-state index contributed by atoms with van der Waals surface area (Å²) in [6, 6.07) is 12.7. The van der Waals surface area contributed by atoms with Gasteiger partial charge in [0.1, 0.15) is 11.9 Å². The van der Waals surface area contributed by atoms with Crippen molar-refractivity contribution in [1.82, 2.24) is 4.90 Å². The van der Waals surface area contributed by atoms with Crippen LogP contribution in [0.1, 0.15) is 29.8 Å². The molecule has 1 aliphatic heterocycles. The predicted octanol–water partition coefficient (Wildman–Crippen LogP) is 3.44. The van der Waals surface area contributed by atoms with Crippen LogP contribution in [-0.4, -0.2) is 22.8 Å². The number of hydrogen-bond donors (Lipinski definition) is 1. The Hall–Kier alpha value is -2.69. The summed E-state index contributed by atoms with van der Waals surface area (Å²) in [5, 5.41) is 2.61. The number of halogens is 1. The largest absolute Gasteiger partial charge is 0.322 e. The van der Waals surface area contributed by atoms with Gasteiger partial charge in [0.25, 0.3) is 5.91 Å². The van der Waals surface area contributed by atoms with E-state index in [1.807, 2.05) is 32.0 Å². The van der Waals surface area contributed by atoms with Crippen molar-refractivity contribution in [3.8, 4) is 0 Å². The molecule has 0 aromatic heterocycles. The number of hydrogen-bond acceptors (Lipinski definition) is 2. The molecule has 4 nitrogen and oxygen atoms in total. The summed E-state index contributed by atoms with van der Waals surface area (Å²) >= 11 is 0. The first kappa shape index (κ1) is 16.2. The van der Waals surface area contributed by atoms with E-state index in [0.29, 0.717) is 12.1 Å². The van der Waals surface area contributed by atoms with Crippen molar-refractivity contribution < 1.29 is 14.0 Å². The van der Waals surface area contributed by atoms with E-state index in [1.165, 1.54) is 12.1 Å². The molecule has 1 N–H and O–H groups in total. The highest BCUT2D eigenvalue weighted by Gasteiger charge is 2.38. The summed E-state index contributed by atoms with van der Waals surface area (Å²) in [4.78, 5) is 26.9. The number of nitrogens with zero attached hydrogens (tertiary/aromatic N) is 1. The van der Waals surface area contributed by atoms with Gasteiger partial charge in [0, 0.05) is 12.1 Å².